The lowest BCUT2D eigenvalue weighted by molar-refractivity contribution is -0.384. The van der Waals surface area contributed by atoms with Gasteiger partial charge in [0.05, 0.1) is 10.8 Å². The number of ketones is 1. The number of nitro benzene ring substituents is 1. The van der Waals surface area contributed by atoms with Gasteiger partial charge >= 0.3 is 5.97 Å². The van der Waals surface area contributed by atoms with Gasteiger partial charge in [-0.05, 0) is 43.3 Å². The van der Waals surface area contributed by atoms with E-state index in [1.54, 1.807) is 24.3 Å². The largest absolute Gasteiger partial charge is 0.455 e. The molecule has 0 saturated carbocycles. The SMILES string of the molecule is CC(=O)c1ccc(NC(=O)COC(=O)[C@H]2CC(=O)N(c3ccc([N+](=O)[O-])cc3)C2)cc1. The second-order valence-corrected chi connectivity index (χ2v) is 6.97. The molecule has 10 heteroatoms. The predicted molar refractivity (Wildman–Crippen MR) is 110 cm³/mol. The average Bonchev–Trinajstić information content (AvgIpc) is 3.14. The van der Waals surface area contributed by atoms with Crippen LogP contribution in [0.3, 0.4) is 0 Å². The molecule has 2 aromatic rings. The second kappa shape index (κ2) is 9.16. The molecule has 1 N–H and O–H groups in total. The van der Waals surface area contributed by atoms with Crippen molar-refractivity contribution in [3.63, 3.8) is 0 Å². The van der Waals surface area contributed by atoms with E-state index in [0.717, 1.165) is 0 Å². The lowest BCUT2D eigenvalue weighted by atomic mass is 10.1. The van der Waals surface area contributed by atoms with Gasteiger partial charge in [0.1, 0.15) is 0 Å². The molecule has 10 nitrogen and oxygen atoms in total. The van der Waals surface area contributed by atoms with Crippen LogP contribution < -0.4 is 10.2 Å². The van der Waals surface area contributed by atoms with Gasteiger partial charge in [0, 0.05) is 42.0 Å². The van der Waals surface area contributed by atoms with E-state index in [4.69, 9.17) is 4.74 Å². The number of esters is 1. The van der Waals surface area contributed by atoms with Crippen LogP contribution in [0, 0.1) is 16.0 Å². The van der Waals surface area contributed by atoms with Gasteiger partial charge in [-0.25, -0.2) is 0 Å². The molecular formula is C21H19N3O7. The zero-order chi connectivity index (χ0) is 22.5. The van der Waals surface area contributed by atoms with E-state index >= 15 is 0 Å². The number of Topliss-reactive ketones (excluding diaryl/α,β-unsaturated/α-hetero) is 1. The first-order chi connectivity index (χ1) is 14.7. The normalized spacial score (nSPS) is 15.5. The number of non-ortho nitro benzene ring substituents is 1. The van der Waals surface area contributed by atoms with Gasteiger partial charge in [-0.15, -0.1) is 0 Å². The zero-order valence-corrected chi connectivity index (χ0v) is 16.6. The summed E-state index contributed by atoms with van der Waals surface area (Å²) >= 11 is 0. The Kier molecular flexibility index (Phi) is 6.39. The van der Waals surface area contributed by atoms with Gasteiger partial charge in [-0.1, -0.05) is 0 Å². The van der Waals surface area contributed by atoms with Crippen molar-refractivity contribution in [1.82, 2.24) is 0 Å². The lowest BCUT2D eigenvalue weighted by Gasteiger charge is -2.16. The highest BCUT2D eigenvalue weighted by atomic mass is 16.6. The van der Waals surface area contributed by atoms with E-state index in [9.17, 15) is 29.3 Å². The molecule has 0 radical (unpaired) electrons. The van der Waals surface area contributed by atoms with Crippen LogP contribution in [-0.2, 0) is 19.1 Å². The highest BCUT2D eigenvalue weighted by molar-refractivity contribution is 6.00. The fourth-order valence-electron chi connectivity index (χ4n) is 3.11. The fourth-order valence-corrected chi connectivity index (χ4v) is 3.11. The van der Waals surface area contributed by atoms with E-state index in [2.05, 4.69) is 5.32 Å². The minimum Gasteiger partial charge on any atom is -0.455 e. The number of carbonyl (C=O) groups excluding carboxylic acids is 4. The Bertz CT molecular complexity index is 1030. The molecule has 0 aromatic heterocycles. The molecule has 0 bridgehead atoms. The van der Waals surface area contributed by atoms with E-state index in [1.165, 1.54) is 36.1 Å². The number of rotatable bonds is 7. The van der Waals surface area contributed by atoms with Crippen LogP contribution in [0.1, 0.15) is 23.7 Å². The van der Waals surface area contributed by atoms with Crippen molar-refractivity contribution in [3.8, 4) is 0 Å². The number of hydrogen-bond donors (Lipinski definition) is 1. The van der Waals surface area contributed by atoms with Gasteiger partial charge in [-0.3, -0.25) is 29.3 Å². The van der Waals surface area contributed by atoms with Crippen molar-refractivity contribution in [1.29, 1.82) is 0 Å². The summed E-state index contributed by atoms with van der Waals surface area (Å²) < 4.78 is 5.03. The van der Waals surface area contributed by atoms with Crippen LogP contribution in [0.15, 0.2) is 48.5 Å². The maximum Gasteiger partial charge on any atom is 0.311 e. The third-order valence-electron chi connectivity index (χ3n) is 4.75. The lowest BCUT2D eigenvalue weighted by Crippen LogP contribution is -2.28. The van der Waals surface area contributed by atoms with Crippen LogP contribution in [0.25, 0.3) is 0 Å². The Morgan fingerprint density at radius 3 is 2.35 bits per heavy atom. The monoisotopic (exact) mass is 425 g/mol. The molecule has 1 atom stereocenters. The Morgan fingerprint density at radius 2 is 1.77 bits per heavy atom. The highest BCUT2D eigenvalue weighted by Gasteiger charge is 2.36. The van der Waals surface area contributed by atoms with Crippen LogP contribution in [-0.4, -0.2) is 41.6 Å². The number of nitrogens with zero attached hydrogens (tertiary/aromatic N) is 2. The van der Waals surface area contributed by atoms with E-state index in [1.807, 2.05) is 0 Å². The molecule has 160 valence electrons. The van der Waals surface area contributed by atoms with Crippen molar-refractivity contribution in [3.05, 3.63) is 64.2 Å². The molecule has 1 aliphatic rings. The molecule has 0 unspecified atom stereocenters. The number of nitrogens with one attached hydrogen (secondary N) is 1. The van der Waals surface area contributed by atoms with Crippen LogP contribution in [0.2, 0.25) is 0 Å². The molecule has 2 amide bonds. The molecule has 1 aliphatic heterocycles. The van der Waals surface area contributed by atoms with Crippen LogP contribution in [0.5, 0.6) is 0 Å². The molecule has 2 aromatic carbocycles. The smallest absolute Gasteiger partial charge is 0.311 e. The molecule has 1 saturated heterocycles. The maximum absolute atomic E-state index is 12.3. The van der Waals surface area contributed by atoms with Crippen molar-refractivity contribution >= 4 is 40.6 Å². The Morgan fingerprint density at radius 1 is 1.13 bits per heavy atom. The number of hydrogen-bond acceptors (Lipinski definition) is 7. The fraction of sp³-hybridized carbons (Fsp3) is 0.238. The third kappa shape index (κ3) is 5.30. The summed E-state index contributed by atoms with van der Waals surface area (Å²) in [5.74, 6) is -2.39. The minimum absolute atomic E-state index is 0.0591. The van der Waals surface area contributed by atoms with Crippen molar-refractivity contribution in [2.75, 3.05) is 23.4 Å². The summed E-state index contributed by atoms with van der Waals surface area (Å²) in [7, 11) is 0. The molecular weight excluding hydrogens is 406 g/mol. The van der Waals surface area contributed by atoms with E-state index < -0.39 is 29.3 Å². The average molecular weight is 425 g/mol. The quantitative estimate of drug-likeness (QED) is 0.311. The van der Waals surface area contributed by atoms with Gasteiger partial charge in [-0.2, -0.15) is 0 Å². The number of anilines is 2. The van der Waals surface area contributed by atoms with Crippen LogP contribution in [0.4, 0.5) is 17.1 Å². The number of carbonyl (C=O) groups is 4. The maximum atomic E-state index is 12.3. The van der Waals surface area contributed by atoms with Gasteiger partial charge < -0.3 is 15.0 Å². The van der Waals surface area contributed by atoms with Crippen molar-refractivity contribution in [2.24, 2.45) is 5.92 Å². The second-order valence-electron chi connectivity index (χ2n) is 6.97. The summed E-state index contributed by atoms with van der Waals surface area (Å²) in [5.41, 5.74) is 1.30. The summed E-state index contributed by atoms with van der Waals surface area (Å²) in [5, 5.41) is 13.3. The van der Waals surface area contributed by atoms with Gasteiger partial charge in [0.15, 0.2) is 12.4 Å². The number of amides is 2. The summed E-state index contributed by atoms with van der Waals surface area (Å²) in [6.07, 6.45) is -0.0794. The number of ether oxygens (including phenoxy) is 1. The molecule has 1 heterocycles. The topological polar surface area (TPSA) is 136 Å². The number of nitro groups is 1. The van der Waals surface area contributed by atoms with Crippen LogP contribution >= 0.6 is 0 Å². The van der Waals surface area contributed by atoms with E-state index in [0.29, 0.717) is 16.9 Å². The molecule has 3 rings (SSSR count). The first-order valence-corrected chi connectivity index (χ1v) is 9.37. The first kappa shape index (κ1) is 21.6. The molecule has 0 aliphatic carbocycles. The number of benzene rings is 2. The van der Waals surface area contributed by atoms with Gasteiger partial charge in [0.2, 0.25) is 5.91 Å². The predicted octanol–water partition coefficient (Wildman–Crippen LogP) is 2.33. The Balaban J connectivity index is 1.51. The summed E-state index contributed by atoms with van der Waals surface area (Å²) in [6, 6.07) is 11.7. The highest BCUT2D eigenvalue weighted by Crippen LogP contribution is 2.27. The summed E-state index contributed by atoms with van der Waals surface area (Å²) in [4.78, 5) is 59.3. The Hall–Kier alpha value is -4.08. The van der Waals surface area contributed by atoms with Crippen molar-refractivity contribution in [2.45, 2.75) is 13.3 Å². The first-order valence-electron chi connectivity index (χ1n) is 9.37. The molecule has 0 spiro atoms. The Labute approximate surface area is 176 Å². The summed E-state index contributed by atoms with van der Waals surface area (Å²) in [6.45, 7) is 0.975. The minimum atomic E-state index is -0.745. The van der Waals surface area contributed by atoms with E-state index in [-0.39, 0.29) is 30.3 Å². The van der Waals surface area contributed by atoms with Gasteiger partial charge in [0.25, 0.3) is 11.6 Å². The van der Waals surface area contributed by atoms with Crippen molar-refractivity contribution < 1.29 is 28.8 Å². The zero-order valence-electron chi connectivity index (χ0n) is 16.6. The molecule has 1 fully saturated rings. The standard InChI is InChI=1S/C21H19N3O7/c1-13(25)14-2-4-16(5-3-14)22-19(26)12-31-21(28)15-10-20(27)23(11-15)17-6-8-18(9-7-17)24(29)30/h2-9,15H,10-12H2,1H3,(H,22,26)/t15-/m0/s1. The third-order valence-corrected chi connectivity index (χ3v) is 4.75. The molecule has 31 heavy (non-hydrogen) atoms.